The van der Waals surface area contributed by atoms with Crippen LogP contribution in [-0.2, 0) is 0 Å². The predicted octanol–water partition coefficient (Wildman–Crippen LogP) is 3.33. The van der Waals surface area contributed by atoms with E-state index >= 15 is 0 Å². The van der Waals surface area contributed by atoms with Crippen LogP contribution in [0.2, 0.25) is 0 Å². The van der Waals surface area contributed by atoms with Crippen molar-refractivity contribution in [2.45, 2.75) is 71.8 Å². The maximum absolute atomic E-state index is 10.7. The molecule has 2 aliphatic rings. The number of aliphatic hydroxyl groups is 1. The molecular formula is C16H31NO. The Balaban J connectivity index is 1.99. The van der Waals surface area contributed by atoms with Crippen molar-refractivity contribution in [3.05, 3.63) is 0 Å². The lowest BCUT2D eigenvalue weighted by Crippen LogP contribution is -2.50. The molecule has 2 aliphatic carbocycles. The van der Waals surface area contributed by atoms with Gasteiger partial charge in [0, 0.05) is 12.0 Å². The van der Waals surface area contributed by atoms with Gasteiger partial charge >= 0.3 is 0 Å². The zero-order chi connectivity index (χ0) is 13.4. The van der Waals surface area contributed by atoms with Crippen molar-refractivity contribution in [3.63, 3.8) is 0 Å². The summed E-state index contributed by atoms with van der Waals surface area (Å²) in [7, 11) is 0. The second-order valence-corrected chi connectivity index (χ2v) is 7.84. The number of nitrogens with two attached hydrogens (primary N) is 1. The monoisotopic (exact) mass is 253 g/mol. The molecule has 18 heavy (non-hydrogen) atoms. The van der Waals surface area contributed by atoms with E-state index in [0.717, 1.165) is 18.8 Å². The average Bonchev–Trinajstić information content (AvgIpc) is 2.25. The van der Waals surface area contributed by atoms with Gasteiger partial charge in [0.1, 0.15) is 0 Å². The van der Waals surface area contributed by atoms with Gasteiger partial charge in [-0.05, 0) is 55.8 Å². The summed E-state index contributed by atoms with van der Waals surface area (Å²) in [4.78, 5) is 0. The van der Waals surface area contributed by atoms with Gasteiger partial charge < -0.3 is 10.8 Å². The van der Waals surface area contributed by atoms with Crippen LogP contribution in [0.1, 0.15) is 65.7 Å². The lowest BCUT2D eigenvalue weighted by molar-refractivity contribution is -0.0723. The summed E-state index contributed by atoms with van der Waals surface area (Å²) in [5, 5.41) is 10.7. The molecule has 2 heteroatoms. The van der Waals surface area contributed by atoms with Crippen LogP contribution in [0.15, 0.2) is 0 Å². The Hall–Kier alpha value is -0.0800. The maximum Gasteiger partial charge on any atom is 0.0636 e. The first kappa shape index (κ1) is 14.3. The molecule has 0 aromatic heterocycles. The summed E-state index contributed by atoms with van der Waals surface area (Å²) in [5.74, 6) is 1.34. The van der Waals surface area contributed by atoms with Crippen molar-refractivity contribution in [2.24, 2.45) is 28.4 Å². The summed E-state index contributed by atoms with van der Waals surface area (Å²) >= 11 is 0. The lowest BCUT2D eigenvalue weighted by Gasteiger charge is -2.49. The Bertz CT molecular complexity index is 269. The van der Waals surface area contributed by atoms with Crippen molar-refractivity contribution in [1.82, 2.24) is 0 Å². The van der Waals surface area contributed by atoms with Gasteiger partial charge in [0.05, 0.1) is 6.10 Å². The Morgan fingerprint density at radius 1 is 1.17 bits per heavy atom. The highest BCUT2D eigenvalue weighted by atomic mass is 16.3. The van der Waals surface area contributed by atoms with E-state index in [-0.39, 0.29) is 11.5 Å². The first-order valence-electron chi connectivity index (χ1n) is 7.77. The third kappa shape index (κ3) is 2.60. The molecule has 0 heterocycles. The highest BCUT2D eigenvalue weighted by Crippen LogP contribution is 2.50. The second-order valence-electron chi connectivity index (χ2n) is 7.84. The van der Waals surface area contributed by atoms with Gasteiger partial charge in [0.15, 0.2) is 0 Å². The van der Waals surface area contributed by atoms with E-state index in [2.05, 4.69) is 20.8 Å². The second kappa shape index (κ2) is 5.13. The summed E-state index contributed by atoms with van der Waals surface area (Å²) in [6.45, 7) is 7.70. The molecule has 0 spiro atoms. The summed E-state index contributed by atoms with van der Waals surface area (Å²) in [6.07, 6.45) is 8.32. The zero-order valence-corrected chi connectivity index (χ0v) is 12.4. The van der Waals surface area contributed by atoms with Gasteiger partial charge in [0.2, 0.25) is 0 Å². The third-order valence-corrected chi connectivity index (χ3v) is 5.84. The molecule has 2 rings (SSSR count). The molecule has 1 atom stereocenters. The molecule has 2 saturated carbocycles. The van der Waals surface area contributed by atoms with E-state index < -0.39 is 0 Å². The molecule has 0 saturated heterocycles. The smallest absolute Gasteiger partial charge is 0.0636 e. The van der Waals surface area contributed by atoms with Crippen molar-refractivity contribution >= 4 is 0 Å². The van der Waals surface area contributed by atoms with Crippen LogP contribution in [0.3, 0.4) is 0 Å². The largest absolute Gasteiger partial charge is 0.392 e. The molecule has 1 unspecified atom stereocenters. The van der Waals surface area contributed by atoms with E-state index in [9.17, 15) is 5.11 Å². The highest BCUT2D eigenvalue weighted by molar-refractivity contribution is 4.97. The summed E-state index contributed by atoms with van der Waals surface area (Å²) < 4.78 is 0. The van der Waals surface area contributed by atoms with Crippen LogP contribution in [0, 0.1) is 22.7 Å². The first-order chi connectivity index (χ1) is 8.39. The average molecular weight is 253 g/mol. The van der Waals surface area contributed by atoms with Crippen molar-refractivity contribution in [1.29, 1.82) is 0 Å². The fraction of sp³-hybridized carbons (Fsp3) is 1.00. The molecule has 0 bridgehead atoms. The maximum atomic E-state index is 10.7. The molecule has 106 valence electrons. The van der Waals surface area contributed by atoms with Gasteiger partial charge in [-0.2, -0.15) is 0 Å². The minimum absolute atomic E-state index is 0.0346. The molecule has 0 aromatic rings. The van der Waals surface area contributed by atoms with Crippen molar-refractivity contribution in [2.75, 3.05) is 6.54 Å². The first-order valence-corrected chi connectivity index (χ1v) is 7.77. The van der Waals surface area contributed by atoms with Gasteiger partial charge in [-0.1, -0.05) is 27.2 Å². The fourth-order valence-corrected chi connectivity index (χ4v) is 3.93. The Labute approximate surface area is 112 Å². The normalized spacial score (nSPS) is 36.2. The molecule has 0 aromatic carbocycles. The summed E-state index contributed by atoms with van der Waals surface area (Å²) in [5.41, 5.74) is 6.49. The molecule has 3 N–H and O–H groups in total. The number of hydrogen-bond donors (Lipinski definition) is 2. The highest BCUT2D eigenvalue weighted by Gasteiger charge is 2.46. The summed E-state index contributed by atoms with van der Waals surface area (Å²) in [6, 6.07) is 0. The minimum atomic E-state index is -0.142. The van der Waals surface area contributed by atoms with E-state index in [0.29, 0.717) is 17.9 Å². The number of rotatable bonds is 3. The Morgan fingerprint density at radius 3 is 2.06 bits per heavy atom. The molecule has 0 radical (unpaired) electrons. The fourth-order valence-electron chi connectivity index (χ4n) is 3.93. The topological polar surface area (TPSA) is 46.2 Å². The van der Waals surface area contributed by atoms with Gasteiger partial charge in [-0.3, -0.25) is 0 Å². The Morgan fingerprint density at radius 2 is 1.72 bits per heavy atom. The molecule has 2 fully saturated rings. The van der Waals surface area contributed by atoms with E-state index in [1.54, 1.807) is 0 Å². The zero-order valence-electron chi connectivity index (χ0n) is 12.4. The minimum Gasteiger partial charge on any atom is -0.392 e. The predicted molar refractivity (Wildman–Crippen MR) is 76.2 cm³/mol. The van der Waals surface area contributed by atoms with Crippen molar-refractivity contribution in [3.8, 4) is 0 Å². The van der Waals surface area contributed by atoms with Crippen LogP contribution in [0.25, 0.3) is 0 Å². The van der Waals surface area contributed by atoms with Crippen LogP contribution < -0.4 is 5.73 Å². The Kier molecular flexibility index (Phi) is 4.08. The van der Waals surface area contributed by atoms with Crippen LogP contribution >= 0.6 is 0 Å². The quantitative estimate of drug-likeness (QED) is 0.810. The SMILES string of the molecule is CC(C)(C)C1CCC(CN)(C(O)C2CCC2)CC1. The van der Waals surface area contributed by atoms with Crippen molar-refractivity contribution < 1.29 is 5.11 Å². The van der Waals surface area contributed by atoms with Crippen LogP contribution in [0.4, 0.5) is 0 Å². The van der Waals surface area contributed by atoms with Gasteiger partial charge in [0.25, 0.3) is 0 Å². The number of hydrogen-bond acceptors (Lipinski definition) is 2. The molecular weight excluding hydrogens is 222 g/mol. The molecule has 2 nitrogen and oxygen atoms in total. The number of aliphatic hydroxyl groups excluding tert-OH is 1. The van der Waals surface area contributed by atoms with E-state index in [4.69, 9.17) is 5.73 Å². The standard InChI is InChI=1S/C16H31NO/c1-15(2,3)13-7-9-16(11-17,10-8-13)14(18)12-5-4-6-12/h12-14,18H,4-11,17H2,1-3H3. The third-order valence-electron chi connectivity index (χ3n) is 5.84. The molecule has 0 amide bonds. The van der Waals surface area contributed by atoms with Crippen LogP contribution in [0.5, 0.6) is 0 Å². The van der Waals surface area contributed by atoms with Crippen LogP contribution in [-0.4, -0.2) is 17.8 Å². The van der Waals surface area contributed by atoms with Gasteiger partial charge in [-0.25, -0.2) is 0 Å². The van der Waals surface area contributed by atoms with E-state index in [1.165, 1.54) is 32.1 Å². The molecule has 0 aliphatic heterocycles. The lowest BCUT2D eigenvalue weighted by atomic mass is 9.58. The van der Waals surface area contributed by atoms with E-state index in [1.807, 2.05) is 0 Å². The van der Waals surface area contributed by atoms with Gasteiger partial charge in [-0.15, -0.1) is 0 Å².